The lowest BCUT2D eigenvalue weighted by Gasteiger charge is -2.33. The maximum Gasteiger partial charge on any atom is 0.160 e. The fraction of sp³-hybridized carbons (Fsp3) is 0.0137. The minimum Gasteiger partial charge on any atom is -0.454 e. The average Bonchev–Trinajstić information content (AvgIpc) is 4.40. The summed E-state index contributed by atoms with van der Waals surface area (Å²) in [6.45, 7) is 0. The van der Waals surface area contributed by atoms with E-state index in [0.29, 0.717) is 0 Å². The number of hydrogen-bond donors (Lipinski definition) is 0. The quantitative estimate of drug-likeness (QED) is 0.151. The van der Waals surface area contributed by atoms with Crippen LogP contribution < -0.4 is 9.80 Å². The number of furan rings is 1. The van der Waals surface area contributed by atoms with Crippen LogP contribution in [0.5, 0.6) is 0 Å². The first-order valence-corrected chi connectivity index (χ1v) is 27.2. The summed E-state index contributed by atoms with van der Waals surface area (Å²) in [5.74, 6) is 0. The van der Waals surface area contributed by atoms with Crippen molar-refractivity contribution in [2.75, 3.05) is 9.80 Å². The Hall–Kier alpha value is -9.74. The van der Waals surface area contributed by atoms with Crippen LogP contribution >= 0.6 is 11.3 Å². The molecule has 0 bridgehead atoms. The fourth-order valence-corrected chi connectivity index (χ4v) is 14.3. The maximum absolute atomic E-state index is 7.37. The second kappa shape index (κ2) is 17.2. The van der Waals surface area contributed by atoms with Gasteiger partial charge in [0.25, 0.3) is 0 Å². The zero-order valence-corrected chi connectivity index (χ0v) is 42.6. The molecular weight excluding hydrogens is 953 g/mol. The minimum atomic E-state index is -0.739. The summed E-state index contributed by atoms with van der Waals surface area (Å²) in [5, 5.41) is 4.69. The van der Waals surface area contributed by atoms with Crippen molar-refractivity contribution in [1.29, 1.82) is 0 Å². The Labute approximate surface area is 450 Å². The predicted octanol–water partition coefficient (Wildman–Crippen LogP) is 20.6. The molecule has 0 fully saturated rings. The van der Waals surface area contributed by atoms with Crippen LogP contribution in [0.25, 0.3) is 86.6 Å². The molecule has 0 amide bonds. The summed E-state index contributed by atoms with van der Waals surface area (Å²) in [5.41, 5.74) is 22.2. The Morgan fingerprint density at radius 1 is 0.325 bits per heavy atom. The van der Waals surface area contributed by atoms with E-state index < -0.39 is 5.41 Å². The number of thiophene rings is 1. The molecule has 4 heteroatoms. The largest absolute Gasteiger partial charge is 0.454 e. The Morgan fingerprint density at radius 3 is 1.34 bits per heavy atom. The van der Waals surface area contributed by atoms with Crippen molar-refractivity contribution in [1.82, 2.24) is 0 Å². The van der Waals surface area contributed by atoms with Gasteiger partial charge in [-0.25, -0.2) is 0 Å². The number of rotatable bonds is 8. The van der Waals surface area contributed by atoms with Crippen LogP contribution in [0, 0.1) is 0 Å². The van der Waals surface area contributed by atoms with Gasteiger partial charge in [-0.3, -0.25) is 0 Å². The smallest absolute Gasteiger partial charge is 0.160 e. The lowest BCUT2D eigenvalue weighted by Crippen LogP contribution is -2.26. The number of nitrogens with zero attached hydrogens (tertiary/aromatic N) is 2. The Balaban J connectivity index is 1.06. The van der Waals surface area contributed by atoms with Gasteiger partial charge < -0.3 is 14.2 Å². The third-order valence-electron chi connectivity index (χ3n) is 16.2. The number of fused-ring (bicyclic) bond motifs is 18. The molecule has 77 heavy (non-hydrogen) atoms. The molecule has 360 valence electrons. The zero-order valence-electron chi connectivity index (χ0n) is 41.8. The fourth-order valence-electron chi connectivity index (χ4n) is 13.0. The van der Waals surface area contributed by atoms with Crippen LogP contribution in [-0.4, -0.2) is 0 Å². The van der Waals surface area contributed by atoms with Crippen LogP contribution in [0.2, 0.25) is 0 Å². The Morgan fingerprint density at radius 2 is 0.753 bits per heavy atom. The highest BCUT2D eigenvalue weighted by atomic mass is 32.1. The van der Waals surface area contributed by atoms with Crippen molar-refractivity contribution in [3.8, 4) is 44.5 Å². The highest BCUT2D eigenvalue weighted by Gasteiger charge is 2.54. The second-order valence-electron chi connectivity index (χ2n) is 20.3. The Kier molecular flexibility index (Phi) is 9.72. The van der Waals surface area contributed by atoms with E-state index in [1.54, 1.807) is 0 Å². The number of hydrogen-bond acceptors (Lipinski definition) is 4. The molecule has 0 radical (unpaired) electrons. The molecule has 0 saturated heterocycles. The van der Waals surface area contributed by atoms with Crippen molar-refractivity contribution in [3.05, 3.63) is 301 Å². The molecule has 16 rings (SSSR count). The number of para-hydroxylation sites is 3. The minimum absolute atomic E-state index is 0.739. The first kappa shape index (κ1) is 43.6. The molecule has 0 unspecified atom stereocenters. The van der Waals surface area contributed by atoms with Gasteiger partial charge in [0.2, 0.25) is 0 Å². The molecule has 0 aliphatic heterocycles. The molecule has 12 aromatic carbocycles. The van der Waals surface area contributed by atoms with Gasteiger partial charge in [-0.05, 0) is 128 Å². The van der Waals surface area contributed by atoms with Crippen molar-refractivity contribution in [2.45, 2.75) is 5.41 Å². The van der Waals surface area contributed by atoms with Crippen LogP contribution in [-0.2, 0) is 5.41 Å². The van der Waals surface area contributed by atoms with E-state index in [1.807, 2.05) is 11.3 Å². The zero-order chi connectivity index (χ0) is 50.6. The molecule has 2 aliphatic carbocycles. The van der Waals surface area contributed by atoms with Gasteiger partial charge in [0.05, 0.1) is 16.8 Å². The van der Waals surface area contributed by atoms with Crippen molar-refractivity contribution in [3.63, 3.8) is 0 Å². The van der Waals surface area contributed by atoms with Gasteiger partial charge in [-0.15, -0.1) is 11.3 Å². The molecule has 2 aromatic heterocycles. The van der Waals surface area contributed by atoms with E-state index in [0.717, 1.165) is 56.1 Å². The molecular formula is C73H46N2OS. The lowest BCUT2D eigenvalue weighted by molar-refractivity contribution is 0.668. The summed E-state index contributed by atoms with van der Waals surface area (Å²) in [4.78, 5) is 4.92. The summed E-state index contributed by atoms with van der Waals surface area (Å²) in [6, 6.07) is 102. The van der Waals surface area contributed by atoms with E-state index in [2.05, 4.69) is 289 Å². The lowest BCUT2D eigenvalue weighted by atomic mass is 9.70. The van der Waals surface area contributed by atoms with Crippen LogP contribution in [0.4, 0.5) is 34.1 Å². The van der Waals surface area contributed by atoms with Crippen molar-refractivity contribution in [2.24, 2.45) is 0 Å². The van der Waals surface area contributed by atoms with E-state index in [4.69, 9.17) is 4.42 Å². The third kappa shape index (κ3) is 6.43. The molecule has 2 heterocycles. The highest BCUT2D eigenvalue weighted by molar-refractivity contribution is 7.26. The van der Waals surface area contributed by atoms with E-state index >= 15 is 0 Å². The Bertz CT molecular complexity index is 4560. The van der Waals surface area contributed by atoms with Crippen molar-refractivity contribution < 1.29 is 4.42 Å². The van der Waals surface area contributed by atoms with E-state index in [-0.39, 0.29) is 0 Å². The third-order valence-corrected chi connectivity index (χ3v) is 17.4. The van der Waals surface area contributed by atoms with Gasteiger partial charge in [0.1, 0.15) is 5.58 Å². The topological polar surface area (TPSA) is 19.6 Å². The standard InChI is InChI=1S/C73H46N2OS/c1-5-21-47(22-6-1)49-37-41-53(42-38-49)74(51-25-9-3-10-26-51)63-45-62-70(72-67(63)58-32-16-20-36-66(58)77-72)69-61(73(62)59-33-17-13-29-55(59)56-30-14-18-34-60(56)73)46-64(71-68(69)57-31-15-19-35-65(57)76-71)75(52-27-11-4-12-28-52)54-43-39-50(40-44-54)48-23-7-2-8-24-48/h1-46H. The monoisotopic (exact) mass is 998 g/mol. The maximum atomic E-state index is 7.37. The molecule has 0 saturated carbocycles. The molecule has 0 N–H and O–H groups in total. The average molecular weight is 999 g/mol. The van der Waals surface area contributed by atoms with Gasteiger partial charge in [-0.2, -0.15) is 0 Å². The summed E-state index contributed by atoms with van der Waals surface area (Å²) < 4.78 is 9.88. The van der Waals surface area contributed by atoms with E-state index in [9.17, 15) is 0 Å². The second-order valence-corrected chi connectivity index (χ2v) is 21.3. The highest BCUT2D eigenvalue weighted by Crippen LogP contribution is 2.68. The normalized spacial score (nSPS) is 12.8. The van der Waals surface area contributed by atoms with E-state index in [1.165, 1.54) is 86.9 Å². The van der Waals surface area contributed by atoms with Gasteiger partial charge in [0, 0.05) is 64.8 Å². The van der Waals surface area contributed by atoms with Crippen LogP contribution in [0.15, 0.2) is 283 Å². The molecule has 0 atom stereocenters. The summed E-state index contributed by atoms with van der Waals surface area (Å²) in [6.07, 6.45) is 0. The summed E-state index contributed by atoms with van der Waals surface area (Å²) >= 11 is 1.91. The number of anilines is 6. The molecule has 3 nitrogen and oxygen atoms in total. The summed E-state index contributed by atoms with van der Waals surface area (Å²) in [7, 11) is 0. The van der Waals surface area contributed by atoms with Crippen LogP contribution in [0.1, 0.15) is 22.3 Å². The molecule has 14 aromatic rings. The molecule has 1 spiro atoms. The SMILES string of the molecule is c1ccc(-c2ccc(N(c3ccccc3)c3cc4c(c5c3oc3ccccc35)-c3c(cc(N(c5ccccc5)c5ccc(-c6ccccc6)cc5)c5c3sc3ccccc35)C43c4ccccc4-c4ccccc43)cc2)cc1. The van der Waals surface area contributed by atoms with Gasteiger partial charge in [0.15, 0.2) is 5.58 Å². The van der Waals surface area contributed by atoms with Crippen LogP contribution in [0.3, 0.4) is 0 Å². The van der Waals surface area contributed by atoms with Crippen molar-refractivity contribution >= 4 is 87.6 Å². The molecule has 2 aliphatic rings. The number of benzene rings is 12. The first-order chi connectivity index (χ1) is 38.2. The van der Waals surface area contributed by atoms with Gasteiger partial charge >= 0.3 is 0 Å². The van der Waals surface area contributed by atoms with Gasteiger partial charge in [-0.1, -0.05) is 206 Å². The first-order valence-electron chi connectivity index (χ1n) is 26.4. The predicted molar refractivity (Wildman–Crippen MR) is 323 cm³/mol.